The minimum Gasteiger partial charge on any atom is -0.423 e. The zero-order valence-corrected chi connectivity index (χ0v) is 23.7. The second-order valence-electron chi connectivity index (χ2n) is 11.8. The number of fused-ring (bicyclic) bond motifs is 2. The Bertz CT molecular complexity index is 1570. The predicted molar refractivity (Wildman–Crippen MR) is 159 cm³/mol. The van der Waals surface area contributed by atoms with Crippen molar-refractivity contribution in [2.75, 3.05) is 48.7 Å². The molecule has 4 aromatic rings. The van der Waals surface area contributed by atoms with E-state index in [0.717, 1.165) is 79.2 Å². The summed E-state index contributed by atoms with van der Waals surface area (Å²) in [5.41, 5.74) is 12.1. The van der Waals surface area contributed by atoms with Gasteiger partial charge in [-0.2, -0.15) is 4.98 Å². The molecule has 1 saturated heterocycles. The molecule has 2 fully saturated rings. The first-order chi connectivity index (χ1) is 19.9. The lowest BCUT2D eigenvalue weighted by molar-refractivity contribution is 0.132. The van der Waals surface area contributed by atoms with Gasteiger partial charge in [-0.05, 0) is 74.4 Å². The molecule has 2 aliphatic heterocycles. The van der Waals surface area contributed by atoms with Gasteiger partial charge in [0.1, 0.15) is 29.3 Å². The van der Waals surface area contributed by atoms with Gasteiger partial charge >= 0.3 is 0 Å². The van der Waals surface area contributed by atoms with Crippen molar-refractivity contribution in [2.45, 2.75) is 57.5 Å². The van der Waals surface area contributed by atoms with Crippen molar-refractivity contribution in [2.24, 2.45) is 0 Å². The number of nitrogen functional groups attached to an aromatic ring is 1. The van der Waals surface area contributed by atoms with Gasteiger partial charge in [0.15, 0.2) is 5.58 Å². The smallest absolute Gasteiger partial charge is 0.300 e. The number of aromatic nitrogens is 3. The Morgan fingerprint density at radius 3 is 2.59 bits per heavy atom. The average Bonchev–Trinajstić information content (AvgIpc) is 3.57. The van der Waals surface area contributed by atoms with Crippen LogP contribution in [0.5, 0.6) is 0 Å². The monoisotopic (exact) mass is 556 g/mol. The third-order valence-electron chi connectivity index (χ3n) is 9.13. The summed E-state index contributed by atoms with van der Waals surface area (Å²) >= 11 is 0. The normalized spacial score (nSPS) is 23.2. The minimum absolute atomic E-state index is 0.101. The molecular weight excluding hydrogens is 519 g/mol. The van der Waals surface area contributed by atoms with E-state index in [9.17, 15) is 0 Å². The van der Waals surface area contributed by atoms with Gasteiger partial charge in [-0.25, -0.2) is 14.4 Å². The zero-order chi connectivity index (χ0) is 28.1. The maximum atomic E-state index is 15.5. The van der Waals surface area contributed by atoms with Crippen LogP contribution in [0, 0.1) is 19.7 Å². The molecule has 7 rings (SSSR count). The molecule has 2 aromatic carbocycles. The van der Waals surface area contributed by atoms with Crippen molar-refractivity contribution in [1.82, 2.24) is 25.2 Å². The van der Waals surface area contributed by atoms with Crippen LogP contribution in [0.2, 0.25) is 0 Å². The van der Waals surface area contributed by atoms with E-state index in [2.05, 4.69) is 35.4 Å². The molecule has 3 aliphatic rings. The molecule has 0 bridgehead atoms. The first-order valence-corrected chi connectivity index (χ1v) is 14.7. The summed E-state index contributed by atoms with van der Waals surface area (Å²) in [7, 11) is 0. The van der Waals surface area contributed by atoms with E-state index >= 15 is 4.39 Å². The third kappa shape index (κ3) is 4.89. The lowest BCUT2D eigenvalue weighted by Crippen LogP contribution is -2.51. The molecule has 10 heteroatoms. The van der Waals surface area contributed by atoms with Crippen LogP contribution in [-0.2, 0) is 0 Å². The molecule has 41 heavy (non-hydrogen) atoms. The fraction of sp³-hybridized carbons (Fsp3) is 0.452. The van der Waals surface area contributed by atoms with Crippen LogP contribution in [0.1, 0.15) is 53.9 Å². The van der Waals surface area contributed by atoms with Crippen molar-refractivity contribution in [3.05, 3.63) is 64.7 Å². The molecule has 1 atom stereocenters. The Balaban J connectivity index is 1.10. The van der Waals surface area contributed by atoms with Gasteiger partial charge in [0.05, 0.1) is 5.69 Å². The van der Waals surface area contributed by atoms with Crippen molar-refractivity contribution >= 4 is 34.4 Å². The fourth-order valence-electron chi connectivity index (χ4n) is 7.11. The van der Waals surface area contributed by atoms with E-state index in [-0.39, 0.29) is 17.7 Å². The Morgan fingerprint density at radius 2 is 1.80 bits per heavy atom. The van der Waals surface area contributed by atoms with Gasteiger partial charge in [0.25, 0.3) is 6.01 Å². The van der Waals surface area contributed by atoms with Gasteiger partial charge in [0, 0.05) is 56.3 Å². The van der Waals surface area contributed by atoms with E-state index in [1.165, 1.54) is 12.8 Å². The van der Waals surface area contributed by atoms with Gasteiger partial charge in [-0.3, -0.25) is 4.90 Å². The molecule has 2 aromatic heterocycles. The van der Waals surface area contributed by atoms with Gasteiger partial charge < -0.3 is 25.7 Å². The molecule has 0 radical (unpaired) electrons. The minimum atomic E-state index is -0.371. The Kier molecular flexibility index (Phi) is 6.75. The molecule has 1 saturated carbocycles. The van der Waals surface area contributed by atoms with Gasteiger partial charge in [-0.1, -0.05) is 12.1 Å². The number of hydrogen-bond donors (Lipinski definition) is 3. The largest absolute Gasteiger partial charge is 0.423 e. The molecule has 1 unspecified atom stereocenters. The molecule has 4 heterocycles. The number of nitrogens with two attached hydrogens (primary N) is 1. The summed E-state index contributed by atoms with van der Waals surface area (Å²) in [4.78, 5) is 18.6. The Hall–Kier alpha value is -3.76. The predicted octanol–water partition coefficient (Wildman–Crippen LogP) is 4.87. The molecule has 4 N–H and O–H groups in total. The van der Waals surface area contributed by atoms with Crippen molar-refractivity contribution in [1.29, 1.82) is 0 Å². The van der Waals surface area contributed by atoms with Crippen molar-refractivity contribution in [3.63, 3.8) is 0 Å². The first kappa shape index (κ1) is 26.2. The maximum Gasteiger partial charge on any atom is 0.300 e. The molecule has 1 aliphatic carbocycles. The summed E-state index contributed by atoms with van der Waals surface area (Å²) in [6.07, 6.45) is 6.15. The summed E-state index contributed by atoms with van der Waals surface area (Å²) in [6.45, 7) is 9.15. The van der Waals surface area contributed by atoms with Crippen molar-refractivity contribution in [3.8, 4) is 0 Å². The number of piperazine rings is 1. The summed E-state index contributed by atoms with van der Waals surface area (Å²) in [6, 6.07) is 10.6. The van der Waals surface area contributed by atoms with Crippen LogP contribution in [0.15, 0.2) is 41.1 Å². The lowest BCUT2D eigenvalue weighted by atomic mass is 9.88. The van der Waals surface area contributed by atoms with E-state index in [0.29, 0.717) is 29.2 Å². The highest BCUT2D eigenvalue weighted by Crippen LogP contribution is 2.45. The van der Waals surface area contributed by atoms with Crippen LogP contribution >= 0.6 is 0 Å². The highest BCUT2D eigenvalue weighted by molar-refractivity contribution is 5.79. The molecular formula is C31H37FN8O. The van der Waals surface area contributed by atoms with Crippen LogP contribution in [-0.4, -0.2) is 64.7 Å². The number of nitrogens with zero attached hydrogens (tertiary/aromatic N) is 5. The quantitative estimate of drug-likeness (QED) is 0.317. The van der Waals surface area contributed by atoms with Crippen LogP contribution in [0.3, 0.4) is 0 Å². The SMILES string of the molecule is Cc1cc(C)c2oc(Nc3ccc(C4CN(C5CCC(N6CCNCC6)CC5)c5ncnc(N)c54)cc3F)nc2c1. The van der Waals surface area contributed by atoms with E-state index < -0.39 is 0 Å². The number of nitrogens with one attached hydrogen (secondary N) is 2. The van der Waals surface area contributed by atoms with E-state index in [1.807, 2.05) is 32.0 Å². The number of rotatable bonds is 5. The second kappa shape index (κ2) is 10.6. The summed E-state index contributed by atoms with van der Waals surface area (Å²) in [5.74, 6) is 0.893. The fourth-order valence-corrected chi connectivity index (χ4v) is 7.11. The Labute approximate surface area is 239 Å². The van der Waals surface area contributed by atoms with Crippen LogP contribution in [0.25, 0.3) is 11.1 Å². The van der Waals surface area contributed by atoms with E-state index in [1.54, 1.807) is 18.5 Å². The summed E-state index contributed by atoms with van der Waals surface area (Å²) < 4.78 is 21.4. The lowest BCUT2D eigenvalue weighted by Gasteiger charge is -2.41. The standard InChI is InChI=1S/C31H37FN8O/c1-18-13-19(2)28-26(14-18)38-31(41-28)37-25-8-3-20(15-24(25)32)23-16-40(30-27(23)29(33)35-17-36-30)22-6-4-21(5-7-22)39-11-9-34-10-12-39/h3,8,13-15,17,21-23,34H,4-7,9-12,16H2,1-2H3,(H,37,38)(H2,33,35,36). The average molecular weight is 557 g/mol. The van der Waals surface area contributed by atoms with Crippen LogP contribution in [0.4, 0.5) is 27.7 Å². The number of oxazole rings is 1. The summed E-state index contributed by atoms with van der Waals surface area (Å²) in [5, 5.41) is 6.49. The van der Waals surface area contributed by atoms with Gasteiger partial charge in [-0.15, -0.1) is 0 Å². The molecule has 214 valence electrons. The van der Waals surface area contributed by atoms with Crippen molar-refractivity contribution < 1.29 is 8.81 Å². The highest BCUT2D eigenvalue weighted by Gasteiger charge is 2.39. The molecule has 0 amide bonds. The third-order valence-corrected chi connectivity index (χ3v) is 9.13. The highest BCUT2D eigenvalue weighted by atomic mass is 19.1. The maximum absolute atomic E-state index is 15.5. The number of halogens is 1. The van der Waals surface area contributed by atoms with Gasteiger partial charge in [0.2, 0.25) is 0 Å². The molecule has 9 nitrogen and oxygen atoms in total. The first-order valence-electron chi connectivity index (χ1n) is 14.7. The molecule has 0 spiro atoms. The second-order valence-corrected chi connectivity index (χ2v) is 11.8. The van der Waals surface area contributed by atoms with Crippen LogP contribution < -0.4 is 21.3 Å². The van der Waals surface area contributed by atoms with E-state index in [4.69, 9.17) is 10.2 Å². The zero-order valence-electron chi connectivity index (χ0n) is 23.7. The number of hydrogen-bond acceptors (Lipinski definition) is 9. The number of benzene rings is 2. The topological polar surface area (TPSA) is 108 Å². The number of anilines is 4. The Morgan fingerprint density at radius 1 is 1.02 bits per heavy atom. The number of aryl methyl sites for hydroxylation is 2.